The van der Waals surface area contributed by atoms with Gasteiger partial charge in [0.1, 0.15) is 5.69 Å². The van der Waals surface area contributed by atoms with Gasteiger partial charge in [0, 0.05) is 25.4 Å². The molecule has 0 saturated carbocycles. The van der Waals surface area contributed by atoms with Crippen LogP contribution in [0.25, 0.3) is 11.1 Å². The van der Waals surface area contributed by atoms with E-state index in [4.69, 9.17) is 9.47 Å². The first kappa shape index (κ1) is 20.5. The van der Waals surface area contributed by atoms with E-state index in [0.29, 0.717) is 30.2 Å². The number of nitrogens with zero attached hydrogens (tertiary/aromatic N) is 1. The number of nitrogens with one attached hydrogen (secondary N) is 1. The zero-order chi connectivity index (χ0) is 21.0. The summed E-state index contributed by atoms with van der Waals surface area (Å²) in [5.41, 5.74) is 5.96. The number of hydrogen-bond donors (Lipinski definition) is 1. The summed E-state index contributed by atoms with van der Waals surface area (Å²) in [5, 5.41) is 3.06. The lowest BCUT2D eigenvalue weighted by molar-refractivity contribution is 0.0946. The summed E-state index contributed by atoms with van der Waals surface area (Å²) < 4.78 is 12.7. The van der Waals surface area contributed by atoms with E-state index in [2.05, 4.69) is 36.5 Å². The second-order valence-corrected chi connectivity index (χ2v) is 7.17. The van der Waals surface area contributed by atoms with Crippen molar-refractivity contribution in [3.05, 3.63) is 71.0 Å². The molecule has 0 aliphatic carbocycles. The summed E-state index contributed by atoms with van der Waals surface area (Å²) in [7, 11) is 5.15. The second kappa shape index (κ2) is 8.86. The Morgan fingerprint density at radius 1 is 1.03 bits per heavy atom. The maximum atomic E-state index is 13.0. The van der Waals surface area contributed by atoms with Gasteiger partial charge in [0.05, 0.1) is 14.2 Å². The van der Waals surface area contributed by atoms with Crippen molar-refractivity contribution in [2.24, 2.45) is 7.05 Å². The molecule has 5 heteroatoms. The van der Waals surface area contributed by atoms with Crippen molar-refractivity contribution in [1.29, 1.82) is 0 Å². The third kappa shape index (κ3) is 4.29. The Morgan fingerprint density at radius 2 is 1.76 bits per heavy atom. The van der Waals surface area contributed by atoms with Crippen molar-refractivity contribution in [3.63, 3.8) is 0 Å². The lowest BCUT2D eigenvalue weighted by Crippen LogP contribution is -2.28. The summed E-state index contributed by atoms with van der Waals surface area (Å²) in [6.07, 6.45) is 2.64. The molecule has 0 unspecified atom stereocenters. The molecule has 1 amide bonds. The SMILES string of the molecule is COc1cccc(CCNC(=O)c2c(-c3ccc(C)cc3)c(C)cn2C)c1OC. The van der Waals surface area contributed by atoms with Crippen LogP contribution in [0.5, 0.6) is 11.5 Å². The Kier molecular flexibility index (Phi) is 6.27. The largest absolute Gasteiger partial charge is 0.493 e. The molecule has 0 fully saturated rings. The van der Waals surface area contributed by atoms with Gasteiger partial charge in [-0.25, -0.2) is 0 Å². The van der Waals surface area contributed by atoms with E-state index in [9.17, 15) is 4.79 Å². The zero-order valence-electron chi connectivity index (χ0n) is 17.7. The van der Waals surface area contributed by atoms with Crippen molar-refractivity contribution in [2.45, 2.75) is 20.3 Å². The lowest BCUT2D eigenvalue weighted by Gasteiger charge is -2.13. The molecule has 5 nitrogen and oxygen atoms in total. The molecule has 29 heavy (non-hydrogen) atoms. The fourth-order valence-corrected chi connectivity index (χ4v) is 3.69. The molecule has 0 spiro atoms. The molecule has 1 N–H and O–H groups in total. The minimum absolute atomic E-state index is 0.0852. The van der Waals surface area contributed by atoms with Gasteiger partial charge in [0.25, 0.3) is 5.91 Å². The van der Waals surface area contributed by atoms with Gasteiger partial charge >= 0.3 is 0 Å². The van der Waals surface area contributed by atoms with E-state index < -0.39 is 0 Å². The predicted octanol–water partition coefficient (Wildman–Crippen LogP) is 4.30. The van der Waals surface area contributed by atoms with Crippen molar-refractivity contribution in [3.8, 4) is 22.6 Å². The Morgan fingerprint density at radius 3 is 2.41 bits per heavy atom. The van der Waals surface area contributed by atoms with Gasteiger partial charge in [-0.15, -0.1) is 0 Å². The highest BCUT2D eigenvalue weighted by Gasteiger charge is 2.20. The highest BCUT2D eigenvalue weighted by molar-refractivity contribution is 6.00. The summed E-state index contributed by atoms with van der Waals surface area (Å²) >= 11 is 0. The number of para-hydroxylation sites is 1. The molecule has 1 heterocycles. The first-order valence-corrected chi connectivity index (χ1v) is 9.67. The average Bonchev–Trinajstić information content (AvgIpc) is 3.02. The van der Waals surface area contributed by atoms with Crippen LogP contribution in [0, 0.1) is 13.8 Å². The third-order valence-electron chi connectivity index (χ3n) is 5.09. The first-order chi connectivity index (χ1) is 14.0. The van der Waals surface area contributed by atoms with Crippen LogP contribution in [-0.2, 0) is 13.5 Å². The van der Waals surface area contributed by atoms with Crippen molar-refractivity contribution in [2.75, 3.05) is 20.8 Å². The number of carbonyl (C=O) groups excluding carboxylic acids is 1. The van der Waals surface area contributed by atoms with Crippen LogP contribution in [0.1, 0.15) is 27.2 Å². The zero-order valence-corrected chi connectivity index (χ0v) is 17.7. The van der Waals surface area contributed by atoms with Gasteiger partial charge in [-0.3, -0.25) is 4.79 Å². The number of aryl methyl sites for hydroxylation is 3. The number of carbonyl (C=O) groups is 1. The first-order valence-electron chi connectivity index (χ1n) is 9.67. The molecule has 0 aliphatic rings. The highest BCUT2D eigenvalue weighted by Crippen LogP contribution is 2.31. The number of hydrogen-bond acceptors (Lipinski definition) is 3. The molecular formula is C24H28N2O3. The lowest BCUT2D eigenvalue weighted by atomic mass is 10.0. The molecule has 0 aliphatic heterocycles. The van der Waals surface area contributed by atoms with E-state index in [-0.39, 0.29) is 5.91 Å². The van der Waals surface area contributed by atoms with E-state index in [1.54, 1.807) is 14.2 Å². The molecule has 3 aromatic rings. The van der Waals surface area contributed by atoms with Crippen molar-refractivity contribution < 1.29 is 14.3 Å². The van der Waals surface area contributed by atoms with E-state index in [0.717, 1.165) is 22.3 Å². The maximum Gasteiger partial charge on any atom is 0.268 e. The molecule has 2 aromatic carbocycles. The molecule has 152 valence electrons. The fourth-order valence-electron chi connectivity index (χ4n) is 3.69. The Labute approximate surface area is 172 Å². The topological polar surface area (TPSA) is 52.5 Å². The van der Waals surface area contributed by atoms with Gasteiger partial charge < -0.3 is 19.4 Å². The Balaban J connectivity index is 1.78. The normalized spacial score (nSPS) is 10.7. The van der Waals surface area contributed by atoms with Gasteiger partial charge in [-0.1, -0.05) is 42.0 Å². The number of methoxy groups -OCH3 is 2. The van der Waals surface area contributed by atoms with Gasteiger partial charge in [0.15, 0.2) is 11.5 Å². The van der Waals surface area contributed by atoms with Crippen LogP contribution in [0.4, 0.5) is 0 Å². The van der Waals surface area contributed by atoms with Crippen LogP contribution in [-0.4, -0.2) is 31.2 Å². The van der Waals surface area contributed by atoms with Crippen LogP contribution >= 0.6 is 0 Å². The molecule has 0 radical (unpaired) electrons. The van der Waals surface area contributed by atoms with E-state index >= 15 is 0 Å². The summed E-state index contributed by atoms with van der Waals surface area (Å²) in [4.78, 5) is 13.0. The van der Waals surface area contributed by atoms with Crippen LogP contribution in [0.15, 0.2) is 48.7 Å². The summed E-state index contributed by atoms with van der Waals surface area (Å²) in [6.45, 7) is 4.59. The monoisotopic (exact) mass is 392 g/mol. The fraction of sp³-hybridized carbons (Fsp3) is 0.292. The number of aromatic nitrogens is 1. The Hall–Kier alpha value is -3.21. The minimum atomic E-state index is -0.0852. The van der Waals surface area contributed by atoms with E-state index in [1.165, 1.54) is 5.56 Å². The molecule has 0 bridgehead atoms. The minimum Gasteiger partial charge on any atom is -0.493 e. The number of rotatable bonds is 7. The van der Waals surface area contributed by atoms with Crippen molar-refractivity contribution in [1.82, 2.24) is 9.88 Å². The summed E-state index contributed by atoms with van der Waals surface area (Å²) in [6, 6.07) is 14.0. The quantitative estimate of drug-likeness (QED) is 0.652. The molecule has 3 rings (SSSR count). The third-order valence-corrected chi connectivity index (χ3v) is 5.09. The standard InChI is InChI=1S/C24H28N2O3/c1-16-9-11-18(12-10-16)21-17(2)15-26(3)22(21)24(27)25-14-13-19-7-6-8-20(28-4)23(19)29-5/h6-12,15H,13-14H2,1-5H3,(H,25,27). The van der Waals surface area contributed by atoms with Crippen LogP contribution in [0.2, 0.25) is 0 Å². The van der Waals surface area contributed by atoms with Gasteiger partial charge in [-0.2, -0.15) is 0 Å². The number of ether oxygens (including phenoxy) is 2. The molecule has 0 atom stereocenters. The molecular weight excluding hydrogens is 364 g/mol. The number of benzene rings is 2. The molecule has 0 saturated heterocycles. The second-order valence-electron chi connectivity index (χ2n) is 7.17. The Bertz CT molecular complexity index is 1000. The van der Waals surface area contributed by atoms with Gasteiger partial charge in [-0.05, 0) is 43.0 Å². The van der Waals surface area contributed by atoms with Crippen molar-refractivity contribution >= 4 is 5.91 Å². The summed E-state index contributed by atoms with van der Waals surface area (Å²) in [5.74, 6) is 1.31. The molecule has 1 aromatic heterocycles. The van der Waals surface area contributed by atoms with Crippen LogP contribution in [0.3, 0.4) is 0 Å². The van der Waals surface area contributed by atoms with Crippen LogP contribution < -0.4 is 14.8 Å². The van der Waals surface area contributed by atoms with Gasteiger partial charge in [0.2, 0.25) is 0 Å². The maximum absolute atomic E-state index is 13.0. The smallest absolute Gasteiger partial charge is 0.268 e. The van der Waals surface area contributed by atoms with E-state index in [1.807, 2.05) is 42.9 Å². The number of amides is 1. The predicted molar refractivity (Wildman–Crippen MR) is 116 cm³/mol. The highest BCUT2D eigenvalue weighted by atomic mass is 16.5. The average molecular weight is 392 g/mol.